The van der Waals surface area contributed by atoms with E-state index in [1.54, 1.807) is 13.8 Å². The van der Waals surface area contributed by atoms with Gasteiger partial charge in [0.2, 0.25) is 0 Å². The van der Waals surface area contributed by atoms with Crippen molar-refractivity contribution in [1.29, 1.82) is 0 Å². The van der Waals surface area contributed by atoms with Crippen LogP contribution < -0.4 is 4.74 Å². The van der Waals surface area contributed by atoms with Gasteiger partial charge in [0.05, 0.1) is 17.1 Å². The fourth-order valence-corrected chi connectivity index (χ4v) is 1.14. The molecule has 0 radical (unpaired) electrons. The number of hydrogen-bond acceptors (Lipinski definition) is 4. The lowest BCUT2D eigenvalue weighted by Crippen LogP contribution is -2.03. The standard InChI is InChI=1S/C13H14O4/c1-8(2)16-12-6-5-10(7-11(12)14)13(15)17-9(3)4/h5-7,14H,1,3H2,2,4H3. The Morgan fingerprint density at radius 3 is 2.35 bits per heavy atom. The van der Waals surface area contributed by atoms with Crippen molar-refractivity contribution in [1.82, 2.24) is 0 Å². The molecule has 0 unspecified atom stereocenters. The van der Waals surface area contributed by atoms with E-state index in [4.69, 9.17) is 9.47 Å². The number of allylic oxidation sites excluding steroid dienone is 2. The Balaban J connectivity index is 2.92. The van der Waals surface area contributed by atoms with Crippen LogP contribution in [0.5, 0.6) is 11.5 Å². The molecular weight excluding hydrogens is 220 g/mol. The summed E-state index contributed by atoms with van der Waals surface area (Å²) in [5.74, 6) is 0.248. The van der Waals surface area contributed by atoms with Gasteiger partial charge in [0.25, 0.3) is 0 Å². The van der Waals surface area contributed by atoms with Crippen LogP contribution in [-0.4, -0.2) is 11.1 Å². The molecule has 0 aromatic heterocycles. The lowest BCUT2D eigenvalue weighted by molar-refractivity contribution is 0.0627. The normalized spacial score (nSPS) is 9.53. The van der Waals surface area contributed by atoms with Crippen molar-refractivity contribution >= 4 is 5.97 Å². The van der Waals surface area contributed by atoms with Crippen molar-refractivity contribution in [2.45, 2.75) is 13.8 Å². The predicted molar refractivity (Wildman–Crippen MR) is 63.8 cm³/mol. The van der Waals surface area contributed by atoms with Gasteiger partial charge in [-0.1, -0.05) is 13.2 Å². The molecular formula is C13H14O4. The average Bonchev–Trinajstić information content (AvgIpc) is 2.19. The first-order valence-corrected chi connectivity index (χ1v) is 4.94. The van der Waals surface area contributed by atoms with Gasteiger partial charge in [-0.3, -0.25) is 0 Å². The Kier molecular flexibility index (Phi) is 3.93. The number of rotatable bonds is 4. The predicted octanol–water partition coefficient (Wildman–Crippen LogP) is 3.00. The van der Waals surface area contributed by atoms with Crippen molar-refractivity contribution in [3.05, 3.63) is 48.4 Å². The van der Waals surface area contributed by atoms with E-state index >= 15 is 0 Å². The van der Waals surface area contributed by atoms with Crippen molar-refractivity contribution in [3.63, 3.8) is 0 Å². The second-order valence-corrected chi connectivity index (χ2v) is 3.58. The largest absolute Gasteiger partial charge is 0.504 e. The molecule has 0 bridgehead atoms. The SMILES string of the molecule is C=C(C)OC(=O)c1ccc(OC(=C)C)c(O)c1. The number of aromatic hydroxyl groups is 1. The molecule has 0 fully saturated rings. The fourth-order valence-electron chi connectivity index (χ4n) is 1.14. The van der Waals surface area contributed by atoms with E-state index in [1.807, 2.05) is 0 Å². The fraction of sp³-hybridized carbons (Fsp3) is 0.154. The summed E-state index contributed by atoms with van der Waals surface area (Å²) in [6.07, 6.45) is 0. The maximum Gasteiger partial charge on any atom is 0.343 e. The summed E-state index contributed by atoms with van der Waals surface area (Å²) in [4.78, 5) is 11.5. The number of carbonyl (C=O) groups is 1. The third-order valence-corrected chi connectivity index (χ3v) is 1.75. The van der Waals surface area contributed by atoms with E-state index in [2.05, 4.69) is 13.2 Å². The van der Waals surface area contributed by atoms with Gasteiger partial charge < -0.3 is 14.6 Å². The van der Waals surface area contributed by atoms with E-state index in [0.717, 1.165) is 0 Å². The number of esters is 1. The minimum absolute atomic E-state index is 0.149. The smallest absolute Gasteiger partial charge is 0.343 e. The van der Waals surface area contributed by atoms with Crippen molar-refractivity contribution < 1.29 is 19.4 Å². The molecule has 0 aliphatic heterocycles. The van der Waals surface area contributed by atoms with Crippen LogP contribution in [0.2, 0.25) is 0 Å². The Hall–Kier alpha value is -2.23. The Morgan fingerprint density at radius 2 is 1.88 bits per heavy atom. The molecule has 17 heavy (non-hydrogen) atoms. The summed E-state index contributed by atoms with van der Waals surface area (Å²) in [6, 6.07) is 4.23. The summed E-state index contributed by atoms with van der Waals surface area (Å²) < 4.78 is 9.96. The highest BCUT2D eigenvalue weighted by molar-refractivity contribution is 5.90. The summed E-state index contributed by atoms with van der Waals surface area (Å²) in [5.41, 5.74) is 0.222. The average molecular weight is 234 g/mol. The van der Waals surface area contributed by atoms with Gasteiger partial charge in [-0.2, -0.15) is 0 Å². The molecule has 90 valence electrons. The molecule has 1 N–H and O–H groups in total. The molecule has 4 heteroatoms. The Morgan fingerprint density at radius 1 is 1.24 bits per heavy atom. The van der Waals surface area contributed by atoms with Gasteiger partial charge in [0, 0.05) is 0 Å². The molecule has 0 aliphatic rings. The molecule has 0 heterocycles. The highest BCUT2D eigenvalue weighted by Gasteiger charge is 2.11. The minimum atomic E-state index is -0.574. The zero-order valence-corrected chi connectivity index (χ0v) is 9.82. The molecule has 1 rings (SSSR count). The molecule has 0 aliphatic carbocycles. The van der Waals surface area contributed by atoms with Crippen LogP contribution in [0.15, 0.2) is 42.9 Å². The number of ether oxygens (including phenoxy) is 2. The molecule has 4 nitrogen and oxygen atoms in total. The number of phenols is 1. The van der Waals surface area contributed by atoms with Crippen LogP contribution >= 0.6 is 0 Å². The number of phenolic OH excluding ortho intramolecular Hbond substituents is 1. The molecule has 1 aromatic carbocycles. The summed E-state index contributed by atoms with van der Waals surface area (Å²) in [6.45, 7) is 10.2. The maximum atomic E-state index is 11.5. The van der Waals surface area contributed by atoms with Gasteiger partial charge in [-0.25, -0.2) is 4.79 Å². The molecule has 0 spiro atoms. The highest BCUT2D eigenvalue weighted by atomic mass is 16.5. The third-order valence-electron chi connectivity index (χ3n) is 1.75. The summed E-state index contributed by atoms with van der Waals surface area (Å²) in [5, 5.41) is 9.63. The molecule has 0 amide bonds. The van der Waals surface area contributed by atoms with E-state index < -0.39 is 5.97 Å². The van der Waals surface area contributed by atoms with Gasteiger partial charge in [0.15, 0.2) is 11.5 Å². The Labute approximate surface area is 99.8 Å². The van der Waals surface area contributed by atoms with Crippen LogP contribution in [0.3, 0.4) is 0 Å². The van der Waals surface area contributed by atoms with E-state index in [0.29, 0.717) is 5.76 Å². The first kappa shape index (κ1) is 12.8. The van der Waals surface area contributed by atoms with Crippen molar-refractivity contribution in [2.24, 2.45) is 0 Å². The number of benzene rings is 1. The topological polar surface area (TPSA) is 55.8 Å². The van der Waals surface area contributed by atoms with Gasteiger partial charge in [0.1, 0.15) is 0 Å². The summed E-state index contributed by atoms with van der Waals surface area (Å²) >= 11 is 0. The monoisotopic (exact) mass is 234 g/mol. The zero-order chi connectivity index (χ0) is 13.0. The first-order valence-electron chi connectivity index (χ1n) is 4.94. The quantitative estimate of drug-likeness (QED) is 0.642. The van der Waals surface area contributed by atoms with Crippen LogP contribution in [0, 0.1) is 0 Å². The van der Waals surface area contributed by atoms with Crippen LogP contribution in [0.4, 0.5) is 0 Å². The van der Waals surface area contributed by atoms with Crippen LogP contribution in [-0.2, 0) is 4.74 Å². The lowest BCUT2D eigenvalue weighted by atomic mass is 10.2. The summed E-state index contributed by atoms with van der Waals surface area (Å²) in [7, 11) is 0. The molecule has 0 atom stereocenters. The number of hydrogen-bond donors (Lipinski definition) is 1. The first-order chi connectivity index (χ1) is 7.90. The van der Waals surface area contributed by atoms with Gasteiger partial charge >= 0.3 is 5.97 Å². The highest BCUT2D eigenvalue weighted by Crippen LogP contribution is 2.28. The molecule has 1 aromatic rings. The van der Waals surface area contributed by atoms with Crippen molar-refractivity contribution in [3.8, 4) is 11.5 Å². The number of carbonyl (C=O) groups excluding carboxylic acids is 1. The molecule has 0 saturated carbocycles. The van der Waals surface area contributed by atoms with E-state index in [9.17, 15) is 9.90 Å². The third kappa shape index (κ3) is 3.68. The van der Waals surface area contributed by atoms with E-state index in [-0.39, 0.29) is 22.8 Å². The van der Waals surface area contributed by atoms with Crippen LogP contribution in [0.1, 0.15) is 24.2 Å². The maximum absolute atomic E-state index is 11.5. The second-order valence-electron chi connectivity index (χ2n) is 3.58. The minimum Gasteiger partial charge on any atom is -0.504 e. The Bertz CT molecular complexity index is 474. The zero-order valence-electron chi connectivity index (χ0n) is 9.82. The van der Waals surface area contributed by atoms with Gasteiger partial charge in [-0.15, -0.1) is 0 Å². The molecule has 0 saturated heterocycles. The van der Waals surface area contributed by atoms with Crippen LogP contribution in [0.25, 0.3) is 0 Å². The van der Waals surface area contributed by atoms with Gasteiger partial charge in [-0.05, 0) is 32.0 Å². The van der Waals surface area contributed by atoms with E-state index in [1.165, 1.54) is 18.2 Å². The van der Waals surface area contributed by atoms with Crippen molar-refractivity contribution in [2.75, 3.05) is 0 Å². The lowest BCUT2D eigenvalue weighted by Gasteiger charge is -2.08. The second kappa shape index (κ2) is 5.21.